The van der Waals surface area contributed by atoms with E-state index in [0.717, 1.165) is 60.9 Å². The third-order valence-electron chi connectivity index (χ3n) is 5.41. The molecular weight excluding hydrogens is 422 g/mol. The van der Waals surface area contributed by atoms with Gasteiger partial charge in [-0.05, 0) is 38.5 Å². The van der Waals surface area contributed by atoms with Gasteiger partial charge in [-0.1, -0.05) is 29.0 Å². The molecule has 1 saturated heterocycles. The quantitative estimate of drug-likeness (QED) is 0.575. The van der Waals surface area contributed by atoms with Crippen molar-refractivity contribution in [3.63, 3.8) is 0 Å². The summed E-state index contributed by atoms with van der Waals surface area (Å²) >= 11 is 7.87. The van der Waals surface area contributed by atoms with Crippen LogP contribution in [0.1, 0.15) is 28.7 Å². The number of ether oxygens (including phenoxy) is 1. The van der Waals surface area contributed by atoms with Crippen molar-refractivity contribution in [2.75, 3.05) is 44.3 Å². The smallest absolute Gasteiger partial charge is 0.280 e. The molecule has 1 aliphatic rings. The van der Waals surface area contributed by atoms with Crippen LogP contribution in [-0.2, 0) is 11.3 Å². The first-order chi connectivity index (χ1) is 14.5. The van der Waals surface area contributed by atoms with E-state index in [2.05, 4.69) is 10.00 Å². The number of aryl methyl sites for hydroxylation is 3. The second-order valence-electron chi connectivity index (χ2n) is 7.44. The molecule has 4 rings (SSSR count). The number of carbonyl (C=O) groups excluding carboxylic acids is 1. The fraction of sp³-hybridized carbons (Fsp3) is 0.476. The predicted molar refractivity (Wildman–Crippen MR) is 121 cm³/mol. The Hall–Kier alpha value is -2.00. The number of rotatable bonds is 6. The van der Waals surface area contributed by atoms with Crippen LogP contribution in [0.5, 0.6) is 0 Å². The Balaban J connectivity index is 1.68. The zero-order valence-corrected chi connectivity index (χ0v) is 19.1. The minimum atomic E-state index is -0.133. The third-order valence-corrected chi connectivity index (χ3v) is 6.94. The van der Waals surface area contributed by atoms with Crippen LogP contribution in [0, 0.1) is 13.8 Å². The van der Waals surface area contributed by atoms with E-state index in [1.54, 1.807) is 4.90 Å². The van der Waals surface area contributed by atoms with Gasteiger partial charge in [0.05, 0.1) is 28.5 Å². The molecule has 30 heavy (non-hydrogen) atoms. The molecule has 2 aromatic heterocycles. The van der Waals surface area contributed by atoms with Crippen LogP contribution in [0.4, 0.5) is 5.13 Å². The maximum absolute atomic E-state index is 13.5. The highest BCUT2D eigenvalue weighted by Gasteiger charge is 2.26. The second-order valence-corrected chi connectivity index (χ2v) is 8.82. The lowest BCUT2D eigenvalue weighted by molar-refractivity contribution is 0.0391. The average Bonchev–Trinajstić information content (AvgIpc) is 3.36. The molecule has 3 heterocycles. The van der Waals surface area contributed by atoms with Gasteiger partial charge < -0.3 is 4.74 Å². The summed E-state index contributed by atoms with van der Waals surface area (Å²) in [4.78, 5) is 22.3. The lowest BCUT2D eigenvalue weighted by Gasteiger charge is -2.29. The lowest BCUT2D eigenvalue weighted by Crippen LogP contribution is -2.43. The van der Waals surface area contributed by atoms with Gasteiger partial charge in [-0.15, -0.1) is 0 Å². The maximum atomic E-state index is 13.5. The van der Waals surface area contributed by atoms with Crippen LogP contribution in [-0.4, -0.2) is 65.0 Å². The largest absolute Gasteiger partial charge is 0.379 e. The van der Waals surface area contributed by atoms with Crippen LogP contribution in [0.2, 0.25) is 5.02 Å². The number of morpholine rings is 1. The number of carbonyl (C=O) groups is 1. The molecule has 160 valence electrons. The topological polar surface area (TPSA) is 63.5 Å². The highest BCUT2D eigenvalue weighted by atomic mass is 35.5. The monoisotopic (exact) mass is 447 g/mol. The molecule has 0 atom stereocenters. The number of hydrogen-bond acceptors (Lipinski definition) is 6. The summed E-state index contributed by atoms with van der Waals surface area (Å²) in [5.74, 6) is -0.133. The first-order valence-electron chi connectivity index (χ1n) is 10.2. The van der Waals surface area contributed by atoms with E-state index in [0.29, 0.717) is 22.4 Å². The van der Waals surface area contributed by atoms with Crippen molar-refractivity contribution in [1.82, 2.24) is 19.7 Å². The first-order valence-corrected chi connectivity index (χ1v) is 11.4. The summed E-state index contributed by atoms with van der Waals surface area (Å²) in [6, 6.07) is 5.69. The van der Waals surface area contributed by atoms with E-state index >= 15 is 0 Å². The van der Waals surface area contributed by atoms with E-state index in [1.807, 2.05) is 43.7 Å². The van der Waals surface area contributed by atoms with E-state index in [1.165, 1.54) is 11.3 Å². The van der Waals surface area contributed by atoms with Crippen LogP contribution < -0.4 is 4.90 Å². The highest BCUT2D eigenvalue weighted by Crippen LogP contribution is 2.36. The van der Waals surface area contributed by atoms with Gasteiger partial charge in [-0.2, -0.15) is 5.10 Å². The molecule has 0 aliphatic carbocycles. The summed E-state index contributed by atoms with van der Waals surface area (Å²) in [6.07, 6.45) is 0. The number of hydrogen-bond donors (Lipinski definition) is 0. The van der Waals surface area contributed by atoms with Crippen molar-refractivity contribution in [1.29, 1.82) is 0 Å². The molecule has 0 bridgehead atoms. The average molecular weight is 448 g/mol. The number of halogens is 1. The molecule has 0 unspecified atom stereocenters. The van der Waals surface area contributed by atoms with Gasteiger partial charge >= 0.3 is 0 Å². The maximum Gasteiger partial charge on any atom is 0.280 e. The number of aromatic nitrogens is 3. The van der Waals surface area contributed by atoms with E-state index < -0.39 is 0 Å². The summed E-state index contributed by atoms with van der Waals surface area (Å²) in [6.45, 7) is 11.2. The standard InChI is InChI=1S/C21H26ClN5O2S/c1-4-27-15(3)13-17(24-27)20(28)26(8-7-25-9-11-29-12-10-25)21-23-18-14(2)5-6-16(22)19(18)30-21/h5-6,13H,4,7-12H2,1-3H3. The molecule has 3 aromatic rings. The van der Waals surface area contributed by atoms with Gasteiger partial charge in [-0.3, -0.25) is 19.3 Å². The second kappa shape index (κ2) is 9.01. The number of amides is 1. The van der Waals surface area contributed by atoms with Gasteiger partial charge in [0, 0.05) is 38.4 Å². The molecule has 7 nitrogen and oxygen atoms in total. The molecule has 0 saturated carbocycles. The normalized spacial score (nSPS) is 15.1. The van der Waals surface area contributed by atoms with E-state index in [9.17, 15) is 4.79 Å². The molecule has 9 heteroatoms. The van der Waals surface area contributed by atoms with Crippen LogP contribution >= 0.6 is 22.9 Å². The Morgan fingerprint density at radius 2 is 2.07 bits per heavy atom. The Labute approximate surface area is 185 Å². The van der Waals surface area contributed by atoms with Gasteiger partial charge in [0.15, 0.2) is 10.8 Å². The Bertz CT molecular complexity index is 1020. The van der Waals surface area contributed by atoms with Gasteiger partial charge in [0.2, 0.25) is 0 Å². The number of benzene rings is 1. The number of nitrogens with zero attached hydrogens (tertiary/aromatic N) is 5. The van der Waals surface area contributed by atoms with Crippen molar-refractivity contribution >= 4 is 44.2 Å². The van der Waals surface area contributed by atoms with Crippen molar-refractivity contribution in [3.05, 3.63) is 40.2 Å². The summed E-state index contributed by atoms with van der Waals surface area (Å²) in [7, 11) is 0. The first kappa shape index (κ1) is 21.2. The number of fused-ring (bicyclic) bond motifs is 1. The SMILES string of the molecule is CCn1nc(C(=O)N(CCN2CCOCC2)c2nc3c(C)ccc(Cl)c3s2)cc1C. The Morgan fingerprint density at radius 3 is 2.73 bits per heavy atom. The number of thiazole rings is 1. The number of anilines is 1. The van der Waals surface area contributed by atoms with Crippen LogP contribution in [0.3, 0.4) is 0 Å². The van der Waals surface area contributed by atoms with Crippen molar-refractivity contribution in [3.8, 4) is 0 Å². The minimum absolute atomic E-state index is 0.133. The molecular formula is C21H26ClN5O2S. The molecule has 0 N–H and O–H groups in total. The molecule has 0 spiro atoms. The molecule has 1 aromatic carbocycles. The summed E-state index contributed by atoms with van der Waals surface area (Å²) < 4.78 is 8.19. The lowest BCUT2D eigenvalue weighted by atomic mass is 10.2. The van der Waals surface area contributed by atoms with Gasteiger partial charge in [-0.25, -0.2) is 4.98 Å². The highest BCUT2D eigenvalue weighted by molar-refractivity contribution is 7.23. The third kappa shape index (κ3) is 4.23. The Kier molecular flexibility index (Phi) is 6.38. The van der Waals surface area contributed by atoms with Crippen molar-refractivity contribution < 1.29 is 9.53 Å². The fourth-order valence-corrected chi connectivity index (χ4v) is 4.97. The van der Waals surface area contributed by atoms with Crippen molar-refractivity contribution in [2.24, 2.45) is 0 Å². The van der Waals surface area contributed by atoms with Crippen LogP contribution in [0.15, 0.2) is 18.2 Å². The zero-order chi connectivity index (χ0) is 21.3. The molecule has 0 radical (unpaired) electrons. The summed E-state index contributed by atoms with van der Waals surface area (Å²) in [5, 5.41) is 5.82. The predicted octanol–water partition coefficient (Wildman–Crippen LogP) is 3.76. The van der Waals surface area contributed by atoms with Gasteiger partial charge in [0.1, 0.15) is 0 Å². The van der Waals surface area contributed by atoms with Crippen molar-refractivity contribution in [2.45, 2.75) is 27.3 Å². The van der Waals surface area contributed by atoms with Crippen LogP contribution in [0.25, 0.3) is 10.2 Å². The summed E-state index contributed by atoms with van der Waals surface area (Å²) in [5.41, 5.74) is 3.31. The molecule has 1 amide bonds. The fourth-order valence-electron chi connectivity index (χ4n) is 3.63. The molecule has 1 fully saturated rings. The van der Waals surface area contributed by atoms with E-state index in [-0.39, 0.29) is 5.91 Å². The molecule has 1 aliphatic heterocycles. The Morgan fingerprint density at radius 1 is 1.30 bits per heavy atom. The van der Waals surface area contributed by atoms with E-state index in [4.69, 9.17) is 21.3 Å². The minimum Gasteiger partial charge on any atom is -0.379 e. The van der Waals surface area contributed by atoms with Gasteiger partial charge in [0.25, 0.3) is 5.91 Å². The zero-order valence-electron chi connectivity index (χ0n) is 17.5.